The van der Waals surface area contributed by atoms with Crippen LogP contribution in [0, 0.1) is 5.92 Å². The number of carbonyl (C=O) groups excluding carboxylic acids is 3. The molecule has 0 spiro atoms. The summed E-state index contributed by atoms with van der Waals surface area (Å²) in [5, 5.41) is 5.91. The van der Waals surface area contributed by atoms with E-state index in [2.05, 4.69) is 10.6 Å². The minimum atomic E-state index is -0.634. The molecule has 0 aromatic heterocycles. The molecule has 1 heterocycles. The number of allylic oxidation sites excluding steroid dienone is 1. The number of benzene rings is 1. The maximum Gasteiger partial charge on any atom is 0.338 e. The first-order valence-electron chi connectivity index (χ1n) is 11.3. The summed E-state index contributed by atoms with van der Waals surface area (Å²) in [5.74, 6) is -0.352. The minimum Gasteiger partial charge on any atom is -0.460 e. The molecule has 3 amide bonds. The van der Waals surface area contributed by atoms with Crippen molar-refractivity contribution in [1.29, 1.82) is 0 Å². The monoisotopic (exact) mass is 443 g/mol. The molecule has 1 unspecified atom stereocenters. The van der Waals surface area contributed by atoms with Crippen LogP contribution in [-0.2, 0) is 19.1 Å². The van der Waals surface area contributed by atoms with E-state index in [0.717, 1.165) is 37.7 Å². The molecule has 8 nitrogen and oxygen atoms in total. The Hall–Kier alpha value is -2.87. The number of ether oxygens (including phenoxy) is 2. The minimum absolute atomic E-state index is 0.0505. The SMILES string of the molecule is CCCN1C(=O)NC(c2ccc(NC(=O)C3CCCC3)cc2)C(C(=O)OCCOC)=C1C. The Labute approximate surface area is 189 Å². The Bertz CT molecular complexity index is 859. The molecule has 1 aromatic carbocycles. The van der Waals surface area contributed by atoms with E-state index in [1.807, 2.05) is 19.1 Å². The molecule has 2 aliphatic rings. The number of carbonyl (C=O) groups is 3. The van der Waals surface area contributed by atoms with Crippen LogP contribution in [0.2, 0.25) is 0 Å². The third-order valence-electron chi connectivity index (χ3n) is 6.02. The van der Waals surface area contributed by atoms with Crippen molar-refractivity contribution in [2.45, 2.75) is 52.0 Å². The summed E-state index contributed by atoms with van der Waals surface area (Å²) in [5.41, 5.74) is 2.43. The van der Waals surface area contributed by atoms with Crippen LogP contribution in [0.5, 0.6) is 0 Å². The largest absolute Gasteiger partial charge is 0.460 e. The third-order valence-corrected chi connectivity index (χ3v) is 6.02. The fourth-order valence-corrected chi connectivity index (χ4v) is 4.28. The highest BCUT2D eigenvalue weighted by atomic mass is 16.6. The van der Waals surface area contributed by atoms with Crippen molar-refractivity contribution in [3.63, 3.8) is 0 Å². The number of rotatable bonds is 9. The first-order chi connectivity index (χ1) is 15.5. The van der Waals surface area contributed by atoms with Gasteiger partial charge in [-0.15, -0.1) is 0 Å². The number of nitrogens with zero attached hydrogens (tertiary/aromatic N) is 1. The first-order valence-corrected chi connectivity index (χ1v) is 11.3. The summed E-state index contributed by atoms with van der Waals surface area (Å²) in [6.45, 7) is 4.67. The Balaban J connectivity index is 1.82. The Morgan fingerprint density at radius 3 is 2.47 bits per heavy atom. The van der Waals surface area contributed by atoms with Crippen LogP contribution in [0.1, 0.15) is 57.6 Å². The second kappa shape index (κ2) is 11.1. The summed E-state index contributed by atoms with van der Waals surface area (Å²) >= 11 is 0. The third kappa shape index (κ3) is 5.48. The van der Waals surface area contributed by atoms with Gasteiger partial charge in [0.25, 0.3) is 0 Å². The lowest BCUT2D eigenvalue weighted by Gasteiger charge is -2.35. The number of hydrogen-bond acceptors (Lipinski definition) is 5. The van der Waals surface area contributed by atoms with Gasteiger partial charge in [-0.2, -0.15) is 0 Å². The number of urea groups is 1. The standard InChI is InChI=1S/C24H33N3O5/c1-4-13-27-16(2)20(23(29)32-15-14-31-3)21(26-24(27)30)17-9-11-19(12-10-17)25-22(28)18-7-5-6-8-18/h9-12,18,21H,4-8,13-15H2,1-3H3,(H,25,28)(H,26,30). The van der Waals surface area contributed by atoms with E-state index in [0.29, 0.717) is 30.1 Å². The normalized spacial score (nSPS) is 19.2. The molecule has 1 atom stereocenters. The molecule has 0 radical (unpaired) electrons. The van der Waals surface area contributed by atoms with Gasteiger partial charge in [-0.05, 0) is 43.9 Å². The summed E-state index contributed by atoms with van der Waals surface area (Å²) in [6, 6.07) is 6.36. The van der Waals surface area contributed by atoms with Gasteiger partial charge in [-0.25, -0.2) is 9.59 Å². The van der Waals surface area contributed by atoms with Crippen molar-refractivity contribution >= 4 is 23.6 Å². The zero-order valence-corrected chi connectivity index (χ0v) is 19.1. The van der Waals surface area contributed by atoms with E-state index in [-0.39, 0.29) is 24.5 Å². The lowest BCUT2D eigenvalue weighted by atomic mass is 9.94. The van der Waals surface area contributed by atoms with Crippen LogP contribution in [0.3, 0.4) is 0 Å². The highest BCUT2D eigenvalue weighted by Crippen LogP contribution is 2.32. The van der Waals surface area contributed by atoms with Crippen molar-refractivity contribution < 1.29 is 23.9 Å². The topological polar surface area (TPSA) is 97.0 Å². The van der Waals surface area contributed by atoms with Crippen LogP contribution in [0.15, 0.2) is 35.5 Å². The first kappa shape index (κ1) is 23.8. The number of anilines is 1. The van der Waals surface area contributed by atoms with Gasteiger partial charge in [-0.1, -0.05) is 31.9 Å². The summed E-state index contributed by atoms with van der Waals surface area (Å²) in [7, 11) is 1.54. The fourth-order valence-electron chi connectivity index (χ4n) is 4.28. The number of amides is 3. The molecule has 32 heavy (non-hydrogen) atoms. The van der Waals surface area contributed by atoms with Crippen molar-refractivity contribution in [2.24, 2.45) is 5.92 Å². The van der Waals surface area contributed by atoms with E-state index >= 15 is 0 Å². The quantitative estimate of drug-likeness (QED) is 0.447. The average Bonchev–Trinajstić information content (AvgIpc) is 3.32. The highest BCUT2D eigenvalue weighted by Gasteiger charge is 2.36. The molecule has 1 saturated carbocycles. The lowest BCUT2D eigenvalue weighted by Crippen LogP contribution is -2.48. The summed E-state index contributed by atoms with van der Waals surface area (Å²) in [4.78, 5) is 39.6. The van der Waals surface area contributed by atoms with Gasteiger partial charge >= 0.3 is 12.0 Å². The van der Waals surface area contributed by atoms with Crippen molar-refractivity contribution in [3.05, 3.63) is 41.1 Å². The zero-order chi connectivity index (χ0) is 23.1. The van der Waals surface area contributed by atoms with Gasteiger partial charge in [0.2, 0.25) is 5.91 Å². The van der Waals surface area contributed by atoms with E-state index in [1.54, 1.807) is 24.0 Å². The predicted octanol–water partition coefficient (Wildman–Crippen LogP) is 3.76. The van der Waals surface area contributed by atoms with Crippen LogP contribution in [-0.4, -0.2) is 49.7 Å². The number of nitrogens with one attached hydrogen (secondary N) is 2. The van der Waals surface area contributed by atoms with Crippen LogP contribution >= 0.6 is 0 Å². The van der Waals surface area contributed by atoms with Crippen molar-refractivity contribution in [3.8, 4) is 0 Å². The molecule has 1 aromatic rings. The number of methoxy groups -OCH3 is 1. The summed E-state index contributed by atoms with van der Waals surface area (Å²) in [6.07, 6.45) is 4.83. The second-order valence-corrected chi connectivity index (χ2v) is 8.25. The maximum absolute atomic E-state index is 12.9. The maximum atomic E-state index is 12.9. The van der Waals surface area contributed by atoms with Crippen molar-refractivity contribution in [1.82, 2.24) is 10.2 Å². The molecule has 1 aliphatic heterocycles. The Morgan fingerprint density at radius 2 is 1.84 bits per heavy atom. The predicted molar refractivity (Wildman–Crippen MR) is 121 cm³/mol. The summed E-state index contributed by atoms with van der Waals surface area (Å²) < 4.78 is 10.4. The molecule has 2 N–H and O–H groups in total. The lowest BCUT2D eigenvalue weighted by molar-refractivity contribution is -0.141. The van der Waals surface area contributed by atoms with Crippen LogP contribution in [0.4, 0.5) is 10.5 Å². The van der Waals surface area contributed by atoms with Crippen LogP contribution in [0.25, 0.3) is 0 Å². The van der Waals surface area contributed by atoms with Gasteiger partial charge in [0, 0.05) is 31.0 Å². The van der Waals surface area contributed by atoms with Gasteiger partial charge < -0.3 is 20.1 Å². The van der Waals surface area contributed by atoms with E-state index in [9.17, 15) is 14.4 Å². The Morgan fingerprint density at radius 1 is 1.16 bits per heavy atom. The van der Waals surface area contributed by atoms with Crippen molar-refractivity contribution in [2.75, 3.05) is 32.2 Å². The van der Waals surface area contributed by atoms with E-state index in [1.165, 1.54) is 7.11 Å². The molecule has 0 bridgehead atoms. The molecule has 174 valence electrons. The zero-order valence-electron chi connectivity index (χ0n) is 19.1. The second-order valence-electron chi connectivity index (χ2n) is 8.25. The fraction of sp³-hybridized carbons (Fsp3) is 0.542. The molecular weight excluding hydrogens is 410 g/mol. The van der Waals surface area contributed by atoms with E-state index < -0.39 is 12.0 Å². The molecule has 0 saturated heterocycles. The number of esters is 1. The molecule has 1 aliphatic carbocycles. The smallest absolute Gasteiger partial charge is 0.338 e. The molecule has 1 fully saturated rings. The number of hydrogen-bond donors (Lipinski definition) is 2. The van der Waals surface area contributed by atoms with Gasteiger partial charge in [0.15, 0.2) is 0 Å². The Kier molecular flexibility index (Phi) is 8.27. The molecule has 3 rings (SSSR count). The van der Waals surface area contributed by atoms with Crippen LogP contribution < -0.4 is 10.6 Å². The van der Waals surface area contributed by atoms with Gasteiger partial charge in [0.05, 0.1) is 18.2 Å². The van der Waals surface area contributed by atoms with Gasteiger partial charge in [-0.3, -0.25) is 9.69 Å². The average molecular weight is 444 g/mol. The highest BCUT2D eigenvalue weighted by molar-refractivity contribution is 5.95. The van der Waals surface area contributed by atoms with E-state index in [4.69, 9.17) is 9.47 Å². The molecular formula is C24H33N3O5. The van der Waals surface area contributed by atoms with Gasteiger partial charge in [0.1, 0.15) is 6.61 Å². The molecule has 8 heteroatoms.